The van der Waals surface area contributed by atoms with Crippen LogP contribution in [0.1, 0.15) is 25.8 Å². The van der Waals surface area contributed by atoms with Gasteiger partial charge in [0.15, 0.2) is 0 Å². The van der Waals surface area contributed by atoms with Crippen molar-refractivity contribution < 1.29 is 24.2 Å². The first-order valence-corrected chi connectivity index (χ1v) is 7.31. The monoisotopic (exact) mass is 322 g/mol. The van der Waals surface area contributed by atoms with Crippen molar-refractivity contribution in [1.82, 2.24) is 5.32 Å². The Morgan fingerprint density at radius 2 is 1.83 bits per heavy atom. The van der Waals surface area contributed by atoms with Gasteiger partial charge in [-0.05, 0) is 19.4 Å². The number of carboxylic acids is 1. The van der Waals surface area contributed by atoms with E-state index >= 15 is 0 Å². The Morgan fingerprint density at radius 1 is 1.22 bits per heavy atom. The van der Waals surface area contributed by atoms with Crippen LogP contribution in [0, 0.1) is 0 Å². The van der Waals surface area contributed by atoms with Crippen LogP contribution in [0.2, 0.25) is 0 Å². The summed E-state index contributed by atoms with van der Waals surface area (Å²) in [6, 6.07) is 6.96. The van der Waals surface area contributed by atoms with Gasteiger partial charge in [-0.2, -0.15) is 0 Å². The average Bonchev–Trinajstić information content (AvgIpc) is 2.46. The summed E-state index contributed by atoms with van der Waals surface area (Å²) in [5, 5.41) is 11.2. The lowest BCUT2D eigenvalue weighted by molar-refractivity contribution is -0.151. The summed E-state index contributed by atoms with van der Waals surface area (Å²) < 4.78 is 5.14. The zero-order valence-electron chi connectivity index (χ0n) is 13.2. The van der Waals surface area contributed by atoms with Gasteiger partial charge < -0.3 is 20.9 Å². The summed E-state index contributed by atoms with van der Waals surface area (Å²) in [5.74, 6) is -2.47. The molecule has 7 heteroatoms. The highest BCUT2D eigenvalue weighted by Crippen LogP contribution is 2.06. The van der Waals surface area contributed by atoms with E-state index in [1.54, 1.807) is 13.8 Å². The van der Waals surface area contributed by atoms with E-state index in [4.69, 9.17) is 15.6 Å². The van der Waals surface area contributed by atoms with Crippen LogP contribution in [0.5, 0.6) is 0 Å². The quantitative estimate of drug-likeness (QED) is 0.599. The van der Waals surface area contributed by atoms with Gasteiger partial charge in [-0.1, -0.05) is 30.3 Å². The fourth-order valence-corrected chi connectivity index (χ4v) is 1.92. The van der Waals surface area contributed by atoms with E-state index in [-0.39, 0.29) is 12.5 Å². The molecule has 0 radical (unpaired) electrons. The fourth-order valence-electron chi connectivity index (χ4n) is 1.92. The highest BCUT2D eigenvalue weighted by Gasteiger charge is 2.26. The molecule has 4 N–H and O–H groups in total. The second kappa shape index (κ2) is 8.89. The van der Waals surface area contributed by atoms with Gasteiger partial charge in [-0.25, -0.2) is 4.79 Å². The number of benzene rings is 1. The lowest BCUT2D eigenvalue weighted by Crippen LogP contribution is -2.50. The molecule has 0 heterocycles. The number of esters is 1. The third-order valence-electron chi connectivity index (χ3n) is 2.97. The third kappa shape index (κ3) is 6.92. The molecule has 23 heavy (non-hydrogen) atoms. The van der Waals surface area contributed by atoms with Gasteiger partial charge in [0.1, 0.15) is 6.04 Å². The maximum absolute atomic E-state index is 12.1. The van der Waals surface area contributed by atoms with Crippen LogP contribution >= 0.6 is 0 Å². The van der Waals surface area contributed by atoms with Gasteiger partial charge in [0.05, 0.1) is 18.6 Å². The molecule has 126 valence electrons. The molecule has 0 saturated carbocycles. The number of aliphatic carboxylic acids is 1. The molecule has 7 nitrogen and oxygen atoms in total. The lowest BCUT2D eigenvalue weighted by Gasteiger charge is -2.21. The first-order chi connectivity index (χ1) is 10.8. The molecule has 0 fully saturated rings. The molecule has 0 spiro atoms. The summed E-state index contributed by atoms with van der Waals surface area (Å²) in [4.78, 5) is 34.7. The molecule has 0 aliphatic carbocycles. The standard InChI is InChI=1S/C16H22N2O5/c1-10(2)23-16(22)13(8-11-6-4-3-5-7-11)18-15(21)12(17)9-14(19)20/h3-7,10,12-13H,8-9,17H2,1-2H3,(H,18,21)(H,19,20)/t12-,13-/m0/s1. The van der Waals surface area contributed by atoms with Crippen molar-refractivity contribution in [3.8, 4) is 0 Å². The van der Waals surface area contributed by atoms with Gasteiger partial charge in [-0.3, -0.25) is 9.59 Å². The topological polar surface area (TPSA) is 119 Å². The molecule has 1 aromatic carbocycles. The summed E-state index contributed by atoms with van der Waals surface area (Å²) in [6.45, 7) is 3.41. The SMILES string of the molecule is CC(C)OC(=O)[C@H](Cc1ccccc1)NC(=O)[C@@H](N)CC(=O)O. The number of carbonyl (C=O) groups is 3. The van der Waals surface area contributed by atoms with Gasteiger partial charge >= 0.3 is 11.9 Å². The molecule has 0 aliphatic rings. The number of carbonyl (C=O) groups excluding carboxylic acids is 2. The molecular formula is C16H22N2O5. The van der Waals surface area contributed by atoms with Crippen LogP contribution in [-0.4, -0.2) is 41.1 Å². The normalized spacial score (nSPS) is 13.2. The zero-order valence-corrected chi connectivity index (χ0v) is 13.2. The predicted octanol–water partition coefficient (Wildman–Crippen LogP) is 0.468. The van der Waals surface area contributed by atoms with Crippen LogP contribution in [-0.2, 0) is 25.5 Å². The highest BCUT2D eigenvalue weighted by atomic mass is 16.5. The molecule has 1 aromatic rings. The van der Waals surface area contributed by atoms with Crippen LogP contribution in [0.4, 0.5) is 0 Å². The largest absolute Gasteiger partial charge is 0.481 e. The first kappa shape index (κ1) is 18.6. The van der Waals surface area contributed by atoms with Crippen LogP contribution in [0.15, 0.2) is 30.3 Å². The predicted molar refractivity (Wildman–Crippen MR) is 83.5 cm³/mol. The van der Waals surface area contributed by atoms with Gasteiger partial charge in [0.25, 0.3) is 0 Å². The van der Waals surface area contributed by atoms with Crippen molar-refractivity contribution in [3.05, 3.63) is 35.9 Å². The number of hydrogen-bond acceptors (Lipinski definition) is 5. The van der Waals surface area contributed by atoms with Crippen molar-refractivity contribution >= 4 is 17.8 Å². The minimum Gasteiger partial charge on any atom is -0.481 e. The van der Waals surface area contributed by atoms with Crippen molar-refractivity contribution in [2.24, 2.45) is 5.73 Å². The number of nitrogens with one attached hydrogen (secondary N) is 1. The van der Waals surface area contributed by atoms with Crippen LogP contribution in [0.25, 0.3) is 0 Å². The Hall–Kier alpha value is -2.41. The molecule has 0 aromatic heterocycles. The average molecular weight is 322 g/mol. The van der Waals surface area contributed by atoms with E-state index in [0.29, 0.717) is 0 Å². The van der Waals surface area contributed by atoms with Crippen LogP contribution < -0.4 is 11.1 Å². The van der Waals surface area contributed by atoms with E-state index in [0.717, 1.165) is 5.56 Å². The molecule has 1 rings (SSSR count). The summed E-state index contributed by atoms with van der Waals surface area (Å²) in [5.41, 5.74) is 6.35. The Morgan fingerprint density at radius 3 is 2.35 bits per heavy atom. The van der Waals surface area contributed by atoms with Crippen molar-refractivity contribution in [2.75, 3.05) is 0 Å². The van der Waals surface area contributed by atoms with Crippen LogP contribution in [0.3, 0.4) is 0 Å². The molecule has 0 aliphatic heterocycles. The third-order valence-corrected chi connectivity index (χ3v) is 2.97. The lowest BCUT2D eigenvalue weighted by atomic mass is 10.1. The maximum atomic E-state index is 12.1. The Bertz CT molecular complexity index is 545. The van der Waals surface area contributed by atoms with Gasteiger partial charge in [-0.15, -0.1) is 0 Å². The molecule has 0 bridgehead atoms. The molecule has 0 unspecified atom stereocenters. The van der Waals surface area contributed by atoms with Gasteiger partial charge in [0, 0.05) is 6.42 Å². The number of nitrogens with two attached hydrogens (primary N) is 1. The smallest absolute Gasteiger partial charge is 0.329 e. The Kier molecular flexibility index (Phi) is 7.21. The molecule has 2 atom stereocenters. The van der Waals surface area contributed by atoms with E-state index < -0.39 is 36.4 Å². The minimum absolute atomic E-state index is 0.234. The summed E-state index contributed by atoms with van der Waals surface area (Å²) >= 11 is 0. The molecule has 0 saturated heterocycles. The minimum atomic E-state index is -1.22. The number of carboxylic acid groups (broad SMARTS) is 1. The first-order valence-electron chi connectivity index (χ1n) is 7.31. The van der Waals surface area contributed by atoms with Gasteiger partial charge in [0.2, 0.25) is 5.91 Å². The molecule has 1 amide bonds. The summed E-state index contributed by atoms with van der Waals surface area (Å²) in [6.07, 6.45) is -0.605. The Balaban J connectivity index is 2.80. The number of ether oxygens (including phenoxy) is 1. The molecular weight excluding hydrogens is 300 g/mol. The van der Waals surface area contributed by atoms with E-state index in [1.807, 2.05) is 30.3 Å². The number of hydrogen-bond donors (Lipinski definition) is 3. The maximum Gasteiger partial charge on any atom is 0.329 e. The Labute approximate surface area is 134 Å². The number of rotatable bonds is 8. The summed E-state index contributed by atoms with van der Waals surface area (Å²) in [7, 11) is 0. The second-order valence-corrected chi connectivity index (χ2v) is 5.44. The number of amides is 1. The van der Waals surface area contributed by atoms with Crippen molar-refractivity contribution in [2.45, 2.75) is 44.9 Å². The van der Waals surface area contributed by atoms with E-state index in [2.05, 4.69) is 5.32 Å². The van der Waals surface area contributed by atoms with E-state index in [1.165, 1.54) is 0 Å². The fraction of sp³-hybridized carbons (Fsp3) is 0.438. The van der Waals surface area contributed by atoms with E-state index in [9.17, 15) is 14.4 Å². The highest BCUT2D eigenvalue weighted by molar-refractivity contribution is 5.89. The second-order valence-electron chi connectivity index (χ2n) is 5.44. The van der Waals surface area contributed by atoms with Crippen molar-refractivity contribution in [3.63, 3.8) is 0 Å². The zero-order chi connectivity index (χ0) is 17.4. The van der Waals surface area contributed by atoms with Crippen molar-refractivity contribution in [1.29, 1.82) is 0 Å².